The molecule has 2 aromatic rings. The van der Waals surface area contributed by atoms with Crippen LogP contribution in [0.5, 0.6) is 11.5 Å². The summed E-state index contributed by atoms with van der Waals surface area (Å²) in [6.07, 6.45) is 1.96. The first kappa shape index (κ1) is 24.3. The van der Waals surface area contributed by atoms with Crippen LogP contribution in [0.25, 0.3) is 0 Å². The monoisotopic (exact) mass is 525 g/mol. The standard InChI is InChI=1S/C23H31N3O3.HI/c1-17-7-8-19(22(13-17)29-21-10-12-28-16-21)15-26-23(24-2)25-11-9-18-5-4-6-20(14-18)27-3;/h4-8,13-14,21H,9-12,15-16H2,1-3H3,(H2,24,25,26);1H. The average molecular weight is 525 g/mol. The maximum atomic E-state index is 6.18. The molecule has 3 rings (SSSR count). The zero-order valence-electron chi connectivity index (χ0n) is 17.9. The van der Waals surface area contributed by atoms with Gasteiger partial charge in [0.15, 0.2) is 5.96 Å². The molecule has 30 heavy (non-hydrogen) atoms. The van der Waals surface area contributed by atoms with Gasteiger partial charge in [-0.2, -0.15) is 0 Å². The van der Waals surface area contributed by atoms with Gasteiger partial charge in [0, 0.05) is 32.1 Å². The number of rotatable bonds is 8. The molecular formula is C23H32IN3O3. The quantitative estimate of drug-likeness (QED) is 0.313. The van der Waals surface area contributed by atoms with Crippen LogP contribution in [0.4, 0.5) is 0 Å². The summed E-state index contributed by atoms with van der Waals surface area (Å²) in [7, 11) is 3.47. The van der Waals surface area contributed by atoms with Crippen molar-refractivity contribution in [3.63, 3.8) is 0 Å². The third-order valence-corrected chi connectivity index (χ3v) is 4.91. The molecule has 0 bridgehead atoms. The molecule has 1 aliphatic heterocycles. The maximum Gasteiger partial charge on any atom is 0.191 e. The molecule has 164 valence electrons. The first-order valence-electron chi connectivity index (χ1n) is 10.1. The highest BCUT2D eigenvalue weighted by molar-refractivity contribution is 14.0. The molecule has 0 spiro atoms. The summed E-state index contributed by atoms with van der Waals surface area (Å²) in [5.41, 5.74) is 3.52. The highest BCUT2D eigenvalue weighted by atomic mass is 127. The molecule has 0 aromatic heterocycles. The molecule has 0 radical (unpaired) electrons. The number of aliphatic imine (C=N–C) groups is 1. The van der Waals surface area contributed by atoms with Crippen molar-refractivity contribution in [1.29, 1.82) is 0 Å². The third-order valence-electron chi connectivity index (χ3n) is 4.91. The van der Waals surface area contributed by atoms with E-state index in [1.165, 1.54) is 11.1 Å². The van der Waals surface area contributed by atoms with Crippen LogP contribution in [0.3, 0.4) is 0 Å². The lowest BCUT2D eigenvalue weighted by molar-refractivity contribution is 0.140. The fraction of sp³-hybridized carbons (Fsp3) is 0.435. The average Bonchev–Trinajstić information content (AvgIpc) is 3.25. The lowest BCUT2D eigenvalue weighted by atomic mass is 10.1. The predicted molar refractivity (Wildman–Crippen MR) is 131 cm³/mol. The van der Waals surface area contributed by atoms with Crippen molar-refractivity contribution in [3.8, 4) is 11.5 Å². The van der Waals surface area contributed by atoms with Gasteiger partial charge in [0.1, 0.15) is 17.6 Å². The fourth-order valence-electron chi connectivity index (χ4n) is 3.26. The van der Waals surface area contributed by atoms with Gasteiger partial charge in [-0.15, -0.1) is 24.0 Å². The van der Waals surface area contributed by atoms with Gasteiger partial charge >= 0.3 is 0 Å². The van der Waals surface area contributed by atoms with E-state index in [1.807, 2.05) is 12.1 Å². The molecule has 7 heteroatoms. The summed E-state index contributed by atoms with van der Waals surface area (Å²) < 4.78 is 16.9. The minimum atomic E-state index is 0. The van der Waals surface area contributed by atoms with E-state index in [9.17, 15) is 0 Å². The number of nitrogens with zero attached hydrogens (tertiary/aromatic N) is 1. The molecule has 1 saturated heterocycles. The Labute approximate surface area is 196 Å². The van der Waals surface area contributed by atoms with E-state index in [2.05, 4.69) is 52.9 Å². The Morgan fingerprint density at radius 1 is 1.20 bits per heavy atom. The fourth-order valence-corrected chi connectivity index (χ4v) is 3.26. The number of methoxy groups -OCH3 is 1. The summed E-state index contributed by atoms with van der Waals surface area (Å²) in [6, 6.07) is 14.4. The smallest absolute Gasteiger partial charge is 0.191 e. The molecule has 0 aliphatic carbocycles. The number of hydrogen-bond acceptors (Lipinski definition) is 4. The molecule has 6 nitrogen and oxygen atoms in total. The molecular weight excluding hydrogens is 493 g/mol. The van der Waals surface area contributed by atoms with Gasteiger partial charge < -0.3 is 24.8 Å². The minimum Gasteiger partial charge on any atom is -0.497 e. The Morgan fingerprint density at radius 3 is 2.80 bits per heavy atom. The molecule has 0 amide bonds. The highest BCUT2D eigenvalue weighted by Crippen LogP contribution is 2.23. The van der Waals surface area contributed by atoms with Crippen molar-refractivity contribution < 1.29 is 14.2 Å². The van der Waals surface area contributed by atoms with Crippen molar-refractivity contribution in [1.82, 2.24) is 10.6 Å². The number of hydrogen-bond donors (Lipinski definition) is 2. The lowest BCUT2D eigenvalue weighted by Gasteiger charge is -2.18. The second kappa shape index (κ2) is 12.6. The normalized spacial score (nSPS) is 16.0. The lowest BCUT2D eigenvalue weighted by Crippen LogP contribution is -2.38. The zero-order chi connectivity index (χ0) is 20.5. The molecule has 2 aromatic carbocycles. The van der Waals surface area contributed by atoms with E-state index in [1.54, 1.807) is 14.2 Å². The van der Waals surface area contributed by atoms with Crippen molar-refractivity contribution in [2.75, 3.05) is 33.9 Å². The van der Waals surface area contributed by atoms with Gasteiger partial charge in [0.2, 0.25) is 0 Å². The minimum absolute atomic E-state index is 0. The largest absolute Gasteiger partial charge is 0.497 e. The van der Waals surface area contributed by atoms with Crippen molar-refractivity contribution in [2.45, 2.75) is 32.4 Å². The van der Waals surface area contributed by atoms with E-state index in [0.717, 1.165) is 49.0 Å². The van der Waals surface area contributed by atoms with Gasteiger partial charge in [-0.25, -0.2) is 0 Å². The van der Waals surface area contributed by atoms with Crippen LogP contribution in [0.2, 0.25) is 0 Å². The summed E-state index contributed by atoms with van der Waals surface area (Å²) in [4.78, 5) is 4.33. The van der Waals surface area contributed by atoms with Gasteiger partial charge in [0.05, 0.1) is 20.3 Å². The Hall–Kier alpha value is -2.00. The second-order valence-electron chi connectivity index (χ2n) is 7.17. The molecule has 1 fully saturated rings. The van der Waals surface area contributed by atoms with Crippen molar-refractivity contribution in [3.05, 3.63) is 59.2 Å². The van der Waals surface area contributed by atoms with Crippen LogP contribution in [0.15, 0.2) is 47.5 Å². The summed E-state index contributed by atoms with van der Waals surface area (Å²) in [6.45, 7) is 4.93. The van der Waals surface area contributed by atoms with Gasteiger partial charge in [-0.1, -0.05) is 24.3 Å². The Bertz CT molecular complexity index is 823. The maximum absolute atomic E-state index is 6.18. The summed E-state index contributed by atoms with van der Waals surface area (Å²) in [5.74, 6) is 2.56. The number of guanidine groups is 1. The van der Waals surface area contributed by atoms with Gasteiger partial charge in [-0.05, 0) is 42.7 Å². The number of halogens is 1. The first-order valence-corrected chi connectivity index (χ1v) is 10.1. The van der Waals surface area contributed by atoms with Crippen LogP contribution >= 0.6 is 24.0 Å². The van der Waals surface area contributed by atoms with E-state index < -0.39 is 0 Å². The number of ether oxygens (including phenoxy) is 3. The Kier molecular flexibility index (Phi) is 10.2. The topological polar surface area (TPSA) is 64.1 Å². The van der Waals surface area contributed by atoms with Crippen molar-refractivity contribution >= 4 is 29.9 Å². The third kappa shape index (κ3) is 7.36. The van der Waals surface area contributed by atoms with Gasteiger partial charge in [0.25, 0.3) is 0 Å². The summed E-state index contributed by atoms with van der Waals surface area (Å²) in [5, 5.41) is 6.75. The van der Waals surface area contributed by atoms with Gasteiger partial charge in [-0.3, -0.25) is 4.99 Å². The second-order valence-corrected chi connectivity index (χ2v) is 7.17. The van der Waals surface area contributed by atoms with E-state index in [0.29, 0.717) is 13.2 Å². The highest BCUT2D eigenvalue weighted by Gasteiger charge is 2.18. The van der Waals surface area contributed by atoms with Crippen LogP contribution in [-0.4, -0.2) is 46.0 Å². The van der Waals surface area contributed by atoms with Crippen LogP contribution in [0.1, 0.15) is 23.1 Å². The number of aryl methyl sites for hydroxylation is 1. The molecule has 1 heterocycles. The molecule has 2 N–H and O–H groups in total. The zero-order valence-corrected chi connectivity index (χ0v) is 20.3. The Morgan fingerprint density at radius 2 is 2.07 bits per heavy atom. The van der Waals surface area contributed by atoms with Crippen LogP contribution in [0, 0.1) is 6.92 Å². The predicted octanol–water partition coefficient (Wildman–Crippen LogP) is 3.70. The van der Waals surface area contributed by atoms with Crippen molar-refractivity contribution in [2.24, 2.45) is 4.99 Å². The van der Waals surface area contributed by atoms with E-state index in [4.69, 9.17) is 14.2 Å². The SMILES string of the molecule is CN=C(NCCc1cccc(OC)c1)NCc1ccc(C)cc1OC1CCOC1.I. The Balaban J connectivity index is 0.00000320. The number of nitrogens with one attached hydrogen (secondary N) is 2. The van der Waals surface area contributed by atoms with E-state index in [-0.39, 0.29) is 30.1 Å². The summed E-state index contributed by atoms with van der Waals surface area (Å²) >= 11 is 0. The number of benzene rings is 2. The van der Waals surface area contributed by atoms with E-state index >= 15 is 0 Å². The molecule has 1 unspecified atom stereocenters. The van der Waals surface area contributed by atoms with Crippen LogP contribution < -0.4 is 20.1 Å². The first-order chi connectivity index (χ1) is 14.2. The molecule has 1 aliphatic rings. The molecule has 0 saturated carbocycles. The molecule has 1 atom stereocenters. The van der Waals surface area contributed by atoms with Crippen LogP contribution in [-0.2, 0) is 17.7 Å².